The average molecular weight is 446 g/mol. The fourth-order valence-corrected chi connectivity index (χ4v) is 6.51. The molecule has 2 aromatic rings. The van der Waals surface area contributed by atoms with Crippen LogP contribution in [0.15, 0.2) is 35.4 Å². The van der Waals surface area contributed by atoms with Gasteiger partial charge in [0.2, 0.25) is 15.9 Å². The number of aryl methyl sites for hydroxylation is 1. The van der Waals surface area contributed by atoms with Crippen molar-refractivity contribution in [2.75, 3.05) is 19.8 Å². The smallest absolute Gasteiger partial charge is 0.240 e. The SMILES string of the molecule is Cn1ccc2cc(S(=O)(=O)N[C@H]3CC[C@H](C(=O)N4CCOC[C@@H]4C4CC4)CC3)ccc21. The molecule has 1 aliphatic heterocycles. The number of benzene rings is 1. The van der Waals surface area contributed by atoms with Crippen molar-refractivity contribution in [2.24, 2.45) is 18.9 Å². The zero-order valence-corrected chi connectivity index (χ0v) is 18.8. The van der Waals surface area contributed by atoms with Crippen molar-refractivity contribution in [1.29, 1.82) is 0 Å². The molecule has 168 valence electrons. The highest BCUT2D eigenvalue weighted by Crippen LogP contribution is 2.38. The van der Waals surface area contributed by atoms with E-state index >= 15 is 0 Å². The topological polar surface area (TPSA) is 80.6 Å². The van der Waals surface area contributed by atoms with Gasteiger partial charge in [-0.25, -0.2) is 13.1 Å². The molecular weight excluding hydrogens is 414 g/mol. The number of aromatic nitrogens is 1. The van der Waals surface area contributed by atoms with Gasteiger partial charge in [-0.05, 0) is 68.7 Å². The van der Waals surface area contributed by atoms with E-state index in [1.54, 1.807) is 12.1 Å². The summed E-state index contributed by atoms with van der Waals surface area (Å²) in [6.45, 7) is 1.97. The van der Waals surface area contributed by atoms with E-state index in [2.05, 4.69) is 9.62 Å². The number of ether oxygens (including phenoxy) is 1. The van der Waals surface area contributed by atoms with E-state index in [1.165, 1.54) is 12.8 Å². The molecule has 8 heteroatoms. The van der Waals surface area contributed by atoms with Gasteiger partial charge in [0.15, 0.2) is 0 Å². The van der Waals surface area contributed by atoms with E-state index in [1.807, 2.05) is 29.9 Å². The van der Waals surface area contributed by atoms with Crippen molar-refractivity contribution in [2.45, 2.75) is 55.5 Å². The molecule has 1 N–H and O–H groups in total. The molecule has 3 aliphatic rings. The maximum atomic E-state index is 13.2. The van der Waals surface area contributed by atoms with Crippen LogP contribution in [0.3, 0.4) is 0 Å². The number of carbonyl (C=O) groups excluding carboxylic acids is 1. The second kappa shape index (κ2) is 8.22. The van der Waals surface area contributed by atoms with E-state index in [0.29, 0.717) is 43.4 Å². The van der Waals surface area contributed by atoms with E-state index < -0.39 is 10.0 Å². The van der Waals surface area contributed by atoms with Gasteiger partial charge in [0.25, 0.3) is 0 Å². The Morgan fingerprint density at radius 1 is 1.10 bits per heavy atom. The Kier molecular flexibility index (Phi) is 5.56. The molecule has 1 aromatic carbocycles. The molecule has 0 spiro atoms. The number of nitrogens with zero attached hydrogens (tertiary/aromatic N) is 2. The molecule has 3 fully saturated rings. The molecule has 1 saturated heterocycles. The Morgan fingerprint density at radius 3 is 2.61 bits per heavy atom. The summed E-state index contributed by atoms with van der Waals surface area (Å²) in [5.74, 6) is 0.853. The second-order valence-corrected chi connectivity index (χ2v) is 11.0. The van der Waals surface area contributed by atoms with Gasteiger partial charge in [-0.3, -0.25) is 4.79 Å². The summed E-state index contributed by atoms with van der Waals surface area (Å²) in [6, 6.07) is 7.28. The quantitative estimate of drug-likeness (QED) is 0.767. The van der Waals surface area contributed by atoms with Gasteiger partial charge < -0.3 is 14.2 Å². The van der Waals surface area contributed by atoms with Crippen molar-refractivity contribution in [3.63, 3.8) is 0 Å². The molecule has 2 saturated carbocycles. The fraction of sp³-hybridized carbons (Fsp3) is 0.609. The van der Waals surface area contributed by atoms with Crippen LogP contribution in [0.2, 0.25) is 0 Å². The summed E-state index contributed by atoms with van der Waals surface area (Å²) in [5, 5.41) is 0.912. The van der Waals surface area contributed by atoms with Gasteiger partial charge in [-0.1, -0.05) is 0 Å². The average Bonchev–Trinajstić information content (AvgIpc) is 3.56. The molecule has 7 nitrogen and oxygen atoms in total. The number of fused-ring (bicyclic) bond motifs is 1. The third-order valence-electron chi connectivity index (χ3n) is 7.18. The molecule has 1 aromatic heterocycles. The number of morpholine rings is 1. The van der Waals surface area contributed by atoms with Crippen LogP contribution in [-0.2, 0) is 26.6 Å². The van der Waals surface area contributed by atoms with Gasteiger partial charge in [-0.15, -0.1) is 0 Å². The van der Waals surface area contributed by atoms with Crippen LogP contribution in [0.5, 0.6) is 0 Å². The van der Waals surface area contributed by atoms with Gasteiger partial charge in [0, 0.05) is 42.7 Å². The van der Waals surface area contributed by atoms with E-state index in [0.717, 1.165) is 23.7 Å². The zero-order valence-electron chi connectivity index (χ0n) is 18.0. The number of amides is 1. The molecule has 31 heavy (non-hydrogen) atoms. The monoisotopic (exact) mass is 445 g/mol. The van der Waals surface area contributed by atoms with Crippen molar-refractivity contribution in [3.05, 3.63) is 30.5 Å². The van der Waals surface area contributed by atoms with E-state index in [-0.39, 0.29) is 23.9 Å². The molecule has 2 heterocycles. The lowest BCUT2D eigenvalue weighted by atomic mass is 9.85. The first-order valence-corrected chi connectivity index (χ1v) is 12.9. The minimum absolute atomic E-state index is 0.000716. The Labute approximate surface area is 183 Å². The van der Waals surface area contributed by atoms with Crippen LogP contribution in [-0.4, -0.2) is 55.6 Å². The molecule has 1 amide bonds. The molecule has 1 atom stereocenters. The van der Waals surface area contributed by atoms with Crippen LogP contribution in [0.25, 0.3) is 10.9 Å². The van der Waals surface area contributed by atoms with Crippen LogP contribution < -0.4 is 4.72 Å². The summed E-state index contributed by atoms with van der Waals surface area (Å²) >= 11 is 0. The third kappa shape index (κ3) is 4.25. The number of hydrogen-bond acceptors (Lipinski definition) is 4. The van der Waals surface area contributed by atoms with Crippen molar-refractivity contribution in [3.8, 4) is 0 Å². The largest absolute Gasteiger partial charge is 0.377 e. The summed E-state index contributed by atoms with van der Waals surface area (Å²) < 4.78 is 36.3. The van der Waals surface area contributed by atoms with Gasteiger partial charge >= 0.3 is 0 Å². The minimum atomic E-state index is -3.58. The number of rotatable bonds is 5. The Hall–Kier alpha value is -1.90. The molecule has 0 bridgehead atoms. The zero-order chi connectivity index (χ0) is 21.6. The summed E-state index contributed by atoms with van der Waals surface area (Å²) in [5.41, 5.74) is 1.01. The first-order chi connectivity index (χ1) is 14.9. The first-order valence-electron chi connectivity index (χ1n) is 11.4. The van der Waals surface area contributed by atoms with Crippen LogP contribution in [0.1, 0.15) is 38.5 Å². The normalized spacial score (nSPS) is 27.5. The lowest BCUT2D eigenvalue weighted by Crippen LogP contribution is -2.52. The van der Waals surface area contributed by atoms with Gasteiger partial charge in [0.05, 0.1) is 24.2 Å². The highest BCUT2D eigenvalue weighted by molar-refractivity contribution is 7.89. The maximum absolute atomic E-state index is 13.2. The van der Waals surface area contributed by atoms with Crippen molar-refractivity contribution >= 4 is 26.8 Å². The van der Waals surface area contributed by atoms with Gasteiger partial charge in [-0.2, -0.15) is 0 Å². The standard InChI is InChI=1S/C23H31N3O4S/c1-25-11-10-18-14-20(8-9-21(18)25)31(28,29)24-19-6-4-17(5-7-19)23(27)26-12-13-30-15-22(26)16-2-3-16/h8-11,14,16-17,19,22,24H,2-7,12-13,15H2,1H3/t17-,19-,22-/m1/s1. The van der Waals surface area contributed by atoms with Crippen molar-refractivity contribution in [1.82, 2.24) is 14.2 Å². The van der Waals surface area contributed by atoms with E-state index in [4.69, 9.17) is 4.74 Å². The maximum Gasteiger partial charge on any atom is 0.240 e. The number of sulfonamides is 1. The van der Waals surface area contributed by atoms with E-state index in [9.17, 15) is 13.2 Å². The van der Waals surface area contributed by atoms with Gasteiger partial charge in [0.1, 0.15) is 0 Å². The Morgan fingerprint density at radius 2 is 1.87 bits per heavy atom. The molecule has 2 aliphatic carbocycles. The molecular formula is C23H31N3O4S. The number of nitrogens with one attached hydrogen (secondary N) is 1. The third-order valence-corrected chi connectivity index (χ3v) is 8.70. The van der Waals surface area contributed by atoms with Crippen LogP contribution in [0, 0.1) is 11.8 Å². The molecule has 0 unspecified atom stereocenters. The highest BCUT2D eigenvalue weighted by Gasteiger charge is 2.41. The van der Waals surface area contributed by atoms with Crippen molar-refractivity contribution < 1.29 is 17.9 Å². The lowest BCUT2D eigenvalue weighted by molar-refractivity contribution is -0.146. The number of hydrogen-bond donors (Lipinski definition) is 1. The number of carbonyl (C=O) groups is 1. The Bertz CT molecular complexity index is 1070. The predicted octanol–water partition coefficient (Wildman–Crippen LogP) is 2.65. The summed E-state index contributed by atoms with van der Waals surface area (Å²) in [7, 11) is -1.64. The lowest BCUT2D eigenvalue weighted by Gasteiger charge is -2.39. The highest BCUT2D eigenvalue weighted by atomic mass is 32.2. The second-order valence-electron chi connectivity index (χ2n) is 9.33. The Balaban J connectivity index is 1.20. The molecule has 5 rings (SSSR count). The minimum Gasteiger partial charge on any atom is -0.377 e. The first kappa shape index (κ1) is 21.0. The van der Waals surface area contributed by atoms with Crippen LogP contribution in [0.4, 0.5) is 0 Å². The fourth-order valence-electron chi connectivity index (χ4n) is 5.18. The van der Waals surface area contributed by atoms with Crippen LogP contribution >= 0.6 is 0 Å². The summed E-state index contributed by atoms with van der Waals surface area (Å²) in [4.78, 5) is 15.5. The predicted molar refractivity (Wildman–Crippen MR) is 118 cm³/mol. The molecule has 0 radical (unpaired) electrons. The summed E-state index contributed by atoms with van der Waals surface area (Å²) in [6.07, 6.45) is 7.18.